The number of carbonyl (C=O) groups excluding carboxylic acids is 16. The molecule has 3 aromatic carbocycles. The summed E-state index contributed by atoms with van der Waals surface area (Å²) in [6, 6.07) is 0.338. The number of nitrogens with one attached hydrogen (secondary N) is 12. The summed E-state index contributed by atoms with van der Waals surface area (Å²) in [5.41, 5.74) is 20.3. The van der Waals surface area contributed by atoms with Crippen molar-refractivity contribution < 1.29 is 92.0 Å². The van der Waals surface area contributed by atoms with Gasteiger partial charge in [0.05, 0.1) is 38.0 Å². The van der Waals surface area contributed by atoms with Gasteiger partial charge in [-0.25, -0.2) is 4.98 Å². The minimum absolute atomic E-state index is 0.00490. The lowest BCUT2D eigenvalue weighted by Gasteiger charge is -2.36. The Kier molecular flexibility index (Phi) is 37.1. The smallest absolute Gasteiger partial charge is 0.246 e. The highest BCUT2D eigenvalue weighted by atomic mass is 32.1. The Morgan fingerprint density at radius 2 is 1.09 bits per heavy atom. The standard InChI is InChI=1S/C86H121N21O19S/c1-10-12-23-67(79(119)95-47(5)73(113)102-66(44-127)75(115)93-41-72(89)112)104(8)86(126)69(24-13-11-2)105(9)83(123)63(34-51-39-92-59-22-17-15-20-56(51)59)100-78(118)65(43-108)101-76(116)60(33-50-38-91-58-21-16-14-19-55(50)58)96-81(121)70-36-54(110)42-107(70)85(125)62(31-46(3)4)99-77(117)61(35-52-40-90-45-94-52)97-80(120)68-25-18-30-106(68)84(124)64(37-71(88)111)98-74(114)48(6)103(7)82(122)57(87)32-49-26-28-53(109)29-27-49/h14-17,19-22,26-29,38-40,45-48,54,57,60-70,91-92,108-110,127H,10-13,18,23-25,30-37,41-44,87H2,1-9H3,(H2,88,111)(H2,89,112)(H,90,94)(H,93,115)(H,95,119)(H,96,121)(H,97,120)(H,98,114)(H,99,117)(H,100,118)(H,101,116)(H,102,113)/t47-,48-,54+,57-,60-,61-,62-,63-,64-,65-,66-,67-,68-,69-,70?/m0/s1. The van der Waals surface area contributed by atoms with Gasteiger partial charge < -0.3 is 120 Å². The molecule has 0 bridgehead atoms. The summed E-state index contributed by atoms with van der Waals surface area (Å²) in [4.78, 5) is 246. The molecule has 3 aromatic heterocycles. The van der Waals surface area contributed by atoms with Gasteiger partial charge in [0.2, 0.25) is 94.5 Å². The van der Waals surface area contributed by atoms with Gasteiger partial charge in [0.1, 0.15) is 84.3 Å². The Morgan fingerprint density at radius 1 is 0.559 bits per heavy atom. The van der Waals surface area contributed by atoms with Crippen LogP contribution in [0.3, 0.4) is 0 Å². The summed E-state index contributed by atoms with van der Waals surface area (Å²) in [5.74, 6) is -14.2. The third kappa shape index (κ3) is 27.3. The monoisotopic (exact) mass is 1780 g/mol. The predicted molar refractivity (Wildman–Crippen MR) is 469 cm³/mol. The number of nitrogens with zero attached hydrogens (tertiary/aromatic N) is 6. The fraction of sp³-hybridized carbons (Fsp3) is 0.523. The van der Waals surface area contributed by atoms with Gasteiger partial charge in [-0.15, -0.1) is 0 Å². The van der Waals surface area contributed by atoms with Crippen LogP contribution in [0.1, 0.15) is 135 Å². The second-order valence-corrected chi connectivity index (χ2v) is 33.2. The molecule has 2 saturated heterocycles. The third-order valence-electron chi connectivity index (χ3n) is 22.8. The van der Waals surface area contributed by atoms with Crippen molar-refractivity contribution in [1.82, 2.24) is 92.3 Å². The molecule has 0 aliphatic carbocycles. The number of primary amides is 2. The van der Waals surface area contributed by atoms with Crippen LogP contribution in [-0.2, 0) is 102 Å². The number of nitrogens with two attached hydrogens (primary N) is 3. The van der Waals surface area contributed by atoms with Gasteiger partial charge in [0.15, 0.2) is 0 Å². The quantitative estimate of drug-likeness (QED) is 0.0181. The first kappa shape index (κ1) is 99.9. The molecule has 5 heterocycles. The van der Waals surface area contributed by atoms with Crippen LogP contribution in [0.25, 0.3) is 21.8 Å². The number of hydrogen-bond acceptors (Lipinski definition) is 22. The molecule has 2 fully saturated rings. The van der Waals surface area contributed by atoms with E-state index in [2.05, 4.69) is 80.4 Å². The maximum absolute atomic E-state index is 15.5. The molecule has 41 heteroatoms. The number of phenolic OH excluding ortho intramolecular Hbond substituents is 1. The number of amides is 16. The molecule has 2 aliphatic rings. The number of imidazole rings is 1. The molecule has 0 spiro atoms. The van der Waals surface area contributed by atoms with Crippen LogP contribution in [0, 0.1) is 5.92 Å². The van der Waals surface area contributed by atoms with Crippen molar-refractivity contribution >= 4 is 129 Å². The van der Waals surface area contributed by atoms with Gasteiger partial charge in [-0.2, -0.15) is 12.6 Å². The number of likely N-dealkylation sites (tertiary alicyclic amines) is 2. The maximum atomic E-state index is 15.5. The lowest BCUT2D eigenvalue weighted by Crippen LogP contribution is -2.61. The molecule has 127 heavy (non-hydrogen) atoms. The van der Waals surface area contributed by atoms with Crippen LogP contribution in [-0.4, -0.2) is 298 Å². The van der Waals surface area contributed by atoms with Gasteiger partial charge >= 0.3 is 0 Å². The Labute approximate surface area is 740 Å². The van der Waals surface area contributed by atoms with E-state index >= 15 is 28.8 Å². The molecule has 15 atom stereocenters. The fourth-order valence-electron chi connectivity index (χ4n) is 15.5. The van der Waals surface area contributed by atoms with Crippen molar-refractivity contribution in [1.29, 1.82) is 0 Å². The number of unbranched alkanes of at least 4 members (excludes halogenated alkanes) is 2. The van der Waals surface area contributed by atoms with Gasteiger partial charge in [0, 0.05) is 112 Å². The van der Waals surface area contributed by atoms with E-state index < -0.39 is 211 Å². The highest BCUT2D eigenvalue weighted by Gasteiger charge is 2.46. The van der Waals surface area contributed by atoms with Crippen LogP contribution in [0.4, 0.5) is 0 Å². The number of benzene rings is 3. The minimum atomic E-state index is -1.86. The van der Waals surface area contributed by atoms with Crippen LogP contribution < -0.4 is 65.1 Å². The summed E-state index contributed by atoms with van der Waals surface area (Å²) in [7, 11) is 4.09. The van der Waals surface area contributed by atoms with E-state index in [-0.39, 0.29) is 88.2 Å². The van der Waals surface area contributed by atoms with E-state index in [1.807, 2.05) is 13.8 Å². The molecule has 16 amide bonds. The molecule has 8 rings (SSSR count). The number of para-hydroxylation sites is 2. The molecule has 6 aromatic rings. The van der Waals surface area contributed by atoms with E-state index in [4.69, 9.17) is 17.2 Å². The summed E-state index contributed by atoms with van der Waals surface area (Å²) >= 11 is 4.15. The van der Waals surface area contributed by atoms with Crippen molar-refractivity contribution in [3.05, 3.63) is 120 Å². The Bertz CT molecular complexity index is 4870. The first-order valence-electron chi connectivity index (χ1n) is 42.6. The number of aliphatic hydroxyl groups excluding tert-OH is 2. The minimum Gasteiger partial charge on any atom is -0.508 e. The lowest BCUT2D eigenvalue weighted by atomic mass is 10.00. The van der Waals surface area contributed by atoms with Crippen molar-refractivity contribution in [2.75, 3.05) is 53.1 Å². The Balaban J connectivity index is 1.00. The van der Waals surface area contributed by atoms with E-state index in [1.165, 1.54) is 69.4 Å². The molecular weight excluding hydrogens is 1660 g/mol. The van der Waals surface area contributed by atoms with Gasteiger partial charge in [-0.05, 0) is 99.2 Å². The third-order valence-corrected chi connectivity index (χ3v) is 23.2. The molecule has 0 saturated carbocycles. The van der Waals surface area contributed by atoms with Crippen LogP contribution in [0.5, 0.6) is 5.75 Å². The number of aliphatic hydroxyl groups is 2. The molecule has 40 nitrogen and oxygen atoms in total. The zero-order valence-electron chi connectivity index (χ0n) is 72.9. The first-order valence-corrected chi connectivity index (χ1v) is 43.2. The highest BCUT2D eigenvalue weighted by Crippen LogP contribution is 2.28. The lowest BCUT2D eigenvalue weighted by molar-refractivity contribution is -0.149. The number of hydrogen-bond donors (Lipinski definition) is 19. The number of H-pyrrole nitrogens is 3. The maximum Gasteiger partial charge on any atom is 0.246 e. The van der Waals surface area contributed by atoms with Crippen molar-refractivity contribution in [3.8, 4) is 5.75 Å². The van der Waals surface area contributed by atoms with Crippen LogP contribution >= 0.6 is 12.6 Å². The number of aromatic amines is 3. The van der Waals surface area contributed by atoms with Gasteiger partial charge in [-0.3, -0.25) is 76.7 Å². The number of phenols is 1. The summed E-state index contributed by atoms with van der Waals surface area (Å²) < 4.78 is 0. The van der Waals surface area contributed by atoms with Crippen molar-refractivity contribution in [2.24, 2.45) is 23.1 Å². The Hall–Kier alpha value is -12.5. The predicted octanol–water partition coefficient (Wildman–Crippen LogP) is -2.15. The second-order valence-electron chi connectivity index (χ2n) is 32.8. The molecule has 690 valence electrons. The zero-order chi connectivity index (χ0) is 93.2. The first-order chi connectivity index (χ1) is 60.4. The highest BCUT2D eigenvalue weighted by molar-refractivity contribution is 7.80. The van der Waals surface area contributed by atoms with Gasteiger partial charge in [0.25, 0.3) is 0 Å². The number of likely N-dealkylation sites (N-methyl/N-ethyl adjacent to an activating group) is 3. The topological polar surface area (TPSA) is 597 Å². The number of rotatable bonds is 47. The average molecular weight is 1790 g/mol. The molecule has 1 unspecified atom stereocenters. The number of aromatic nitrogens is 4. The van der Waals surface area contributed by atoms with E-state index in [0.29, 0.717) is 69.9 Å². The summed E-state index contributed by atoms with van der Waals surface area (Å²) in [6.45, 7) is 7.91. The van der Waals surface area contributed by atoms with E-state index in [1.54, 1.807) is 86.9 Å². The van der Waals surface area contributed by atoms with E-state index in [0.717, 1.165) is 14.7 Å². The normalized spacial score (nSPS) is 17.2. The fourth-order valence-corrected chi connectivity index (χ4v) is 15.8. The summed E-state index contributed by atoms with van der Waals surface area (Å²) in [5, 5.41) is 57.1. The van der Waals surface area contributed by atoms with Gasteiger partial charge in [-0.1, -0.05) is 102 Å². The molecule has 2 aliphatic heterocycles. The number of β-amino-alcohol motifs (C(OH)–C–C–N with tert-alkyl or cyclic N) is 1. The number of fused-ring (bicyclic) bond motifs is 2. The number of thiol groups is 1. The zero-order valence-corrected chi connectivity index (χ0v) is 73.7. The Morgan fingerprint density at radius 3 is 1.66 bits per heavy atom. The van der Waals surface area contributed by atoms with Crippen LogP contribution in [0.15, 0.2) is 97.7 Å². The van der Waals surface area contributed by atoms with Crippen molar-refractivity contribution in [3.63, 3.8) is 0 Å². The number of carbonyl (C=O) groups is 16. The number of aromatic hydroxyl groups is 1. The van der Waals surface area contributed by atoms with E-state index in [9.17, 15) is 63.3 Å². The van der Waals surface area contributed by atoms with Crippen LogP contribution in [0.2, 0.25) is 0 Å². The average Bonchev–Trinajstić information content (AvgIpc) is 1.66. The molecule has 0 radical (unpaired) electrons. The summed E-state index contributed by atoms with van der Waals surface area (Å²) in [6.07, 6.45) is 5.16. The largest absolute Gasteiger partial charge is 0.508 e. The van der Waals surface area contributed by atoms with Crippen molar-refractivity contribution in [2.45, 2.75) is 229 Å². The SMILES string of the molecule is CCCC[C@@H](C(=O)N(C)[C@@H](CCCC)C(=O)N[C@@H](C)C(=O)N[C@@H](CS)C(=O)NCC(N)=O)N(C)C(=O)[C@H](Cc1c[nH]c2ccccc12)NC(=O)[C@H](CO)NC(=O)[C@H](Cc1c[nH]c2ccccc12)NC(=O)C1C[C@@H](O)CN1C(=O)[C@H](CC(C)C)NC(=O)[C@H](Cc1cnc[nH]1)NC(=O)[C@@H]1CCCN1C(=O)[C@H](CC(N)=O)NC(=O)[C@H](C)N(C)C(=O)[C@@H](N)Cc1ccc(O)cc1. The molecular formula is C86H121N21O19S. The molecule has 21 N–H and O–H groups in total. The second kappa shape index (κ2) is 47.2.